The van der Waals surface area contributed by atoms with E-state index < -0.39 is 0 Å². The van der Waals surface area contributed by atoms with Gasteiger partial charge in [0, 0.05) is 11.4 Å². The number of carbonyl (C=O) groups excluding carboxylic acids is 1. The SMILES string of the molecule is CC(=O)Nc1ccccc1Oc1ccc(CO)c(Br)c1. The van der Waals surface area contributed by atoms with Crippen LogP contribution in [0, 0.1) is 0 Å². The Bertz CT molecular complexity index is 628. The molecule has 4 nitrogen and oxygen atoms in total. The molecule has 0 saturated carbocycles. The van der Waals surface area contributed by atoms with Crippen molar-refractivity contribution in [2.75, 3.05) is 5.32 Å². The molecule has 0 atom stereocenters. The molecule has 2 N–H and O–H groups in total. The smallest absolute Gasteiger partial charge is 0.221 e. The molecule has 2 rings (SSSR count). The van der Waals surface area contributed by atoms with Gasteiger partial charge in [-0.15, -0.1) is 0 Å². The molecule has 0 aromatic heterocycles. The van der Waals surface area contributed by atoms with Crippen molar-refractivity contribution < 1.29 is 14.6 Å². The summed E-state index contributed by atoms with van der Waals surface area (Å²) in [6.45, 7) is 1.41. The van der Waals surface area contributed by atoms with E-state index in [0.29, 0.717) is 17.2 Å². The average Bonchev–Trinajstić information content (AvgIpc) is 2.41. The highest BCUT2D eigenvalue weighted by Gasteiger charge is 2.07. The van der Waals surface area contributed by atoms with Crippen LogP contribution in [-0.4, -0.2) is 11.0 Å². The fourth-order valence-electron chi connectivity index (χ4n) is 1.70. The summed E-state index contributed by atoms with van der Waals surface area (Å²) in [5.74, 6) is 1.02. The number of anilines is 1. The van der Waals surface area contributed by atoms with Gasteiger partial charge in [0.2, 0.25) is 5.91 Å². The lowest BCUT2D eigenvalue weighted by atomic mass is 10.2. The Kier molecular flexibility index (Phi) is 4.76. The number of ether oxygens (including phenoxy) is 1. The molecule has 0 aliphatic carbocycles. The third-order valence-electron chi connectivity index (χ3n) is 2.62. The summed E-state index contributed by atoms with van der Waals surface area (Å²) >= 11 is 3.37. The number of para-hydroxylation sites is 2. The summed E-state index contributed by atoms with van der Waals surface area (Å²) in [5, 5.41) is 11.8. The Labute approximate surface area is 125 Å². The van der Waals surface area contributed by atoms with Crippen LogP contribution < -0.4 is 10.1 Å². The molecule has 104 valence electrons. The van der Waals surface area contributed by atoms with E-state index in [1.54, 1.807) is 30.3 Å². The first-order valence-electron chi connectivity index (χ1n) is 6.04. The summed E-state index contributed by atoms with van der Waals surface area (Å²) in [7, 11) is 0. The molecule has 0 saturated heterocycles. The summed E-state index contributed by atoms with van der Waals surface area (Å²) in [6, 6.07) is 12.5. The lowest BCUT2D eigenvalue weighted by Crippen LogP contribution is -2.06. The van der Waals surface area contributed by atoms with Crippen molar-refractivity contribution in [3.63, 3.8) is 0 Å². The maximum absolute atomic E-state index is 11.2. The fourth-order valence-corrected chi connectivity index (χ4v) is 2.18. The van der Waals surface area contributed by atoms with E-state index in [2.05, 4.69) is 21.2 Å². The second-order valence-electron chi connectivity index (χ2n) is 4.19. The molecule has 0 heterocycles. The molecule has 0 unspecified atom stereocenters. The van der Waals surface area contributed by atoms with Crippen molar-refractivity contribution in [1.82, 2.24) is 0 Å². The van der Waals surface area contributed by atoms with Gasteiger partial charge in [-0.05, 0) is 29.8 Å². The molecule has 2 aromatic carbocycles. The van der Waals surface area contributed by atoms with E-state index in [1.165, 1.54) is 6.92 Å². The van der Waals surface area contributed by atoms with Gasteiger partial charge in [-0.1, -0.05) is 34.1 Å². The monoisotopic (exact) mass is 335 g/mol. The van der Waals surface area contributed by atoms with Crippen molar-refractivity contribution >= 4 is 27.5 Å². The number of hydrogen-bond acceptors (Lipinski definition) is 3. The van der Waals surface area contributed by atoms with Crippen molar-refractivity contribution in [2.45, 2.75) is 13.5 Å². The maximum Gasteiger partial charge on any atom is 0.221 e. The van der Waals surface area contributed by atoms with Gasteiger partial charge in [0.25, 0.3) is 0 Å². The van der Waals surface area contributed by atoms with Gasteiger partial charge >= 0.3 is 0 Å². The standard InChI is InChI=1S/C15H14BrNO3/c1-10(19)17-14-4-2-3-5-15(14)20-12-7-6-11(9-18)13(16)8-12/h2-8,18H,9H2,1H3,(H,17,19). The Morgan fingerprint density at radius 3 is 2.70 bits per heavy atom. The van der Waals surface area contributed by atoms with Crippen LogP contribution in [0.2, 0.25) is 0 Å². The largest absolute Gasteiger partial charge is 0.455 e. The first-order chi connectivity index (χ1) is 9.60. The van der Waals surface area contributed by atoms with Crippen molar-refractivity contribution in [3.8, 4) is 11.5 Å². The van der Waals surface area contributed by atoms with Gasteiger partial charge in [0.15, 0.2) is 5.75 Å². The van der Waals surface area contributed by atoms with Crippen LogP contribution in [0.1, 0.15) is 12.5 Å². The average molecular weight is 336 g/mol. The van der Waals surface area contributed by atoms with Gasteiger partial charge in [-0.25, -0.2) is 0 Å². The molecular weight excluding hydrogens is 322 g/mol. The van der Waals surface area contributed by atoms with Gasteiger partial charge in [-0.2, -0.15) is 0 Å². The normalized spacial score (nSPS) is 10.2. The number of aliphatic hydroxyl groups is 1. The second-order valence-corrected chi connectivity index (χ2v) is 5.05. The molecular formula is C15H14BrNO3. The minimum Gasteiger partial charge on any atom is -0.455 e. The van der Waals surface area contributed by atoms with E-state index >= 15 is 0 Å². The van der Waals surface area contributed by atoms with Crippen molar-refractivity contribution in [1.29, 1.82) is 0 Å². The Morgan fingerprint density at radius 1 is 1.30 bits per heavy atom. The summed E-state index contributed by atoms with van der Waals surface area (Å²) in [5.41, 5.74) is 1.40. The topological polar surface area (TPSA) is 58.6 Å². The molecule has 0 aliphatic rings. The Balaban J connectivity index is 2.25. The minimum atomic E-state index is -0.155. The number of nitrogens with one attached hydrogen (secondary N) is 1. The summed E-state index contributed by atoms with van der Waals surface area (Å²) in [6.07, 6.45) is 0. The van der Waals surface area contributed by atoms with E-state index in [9.17, 15) is 4.79 Å². The molecule has 2 aromatic rings. The zero-order valence-electron chi connectivity index (χ0n) is 10.9. The van der Waals surface area contributed by atoms with E-state index in [-0.39, 0.29) is 12.5 Å². The lowest BCUT2D eigenvalue weighted by Gasteiger charge is -2.12. The quantitative estimate of drug-likeness (QED) is 0.895. The molecule has 0 bridgehead atoms. The highest BCUT2D eigenvalue weighted by Crippen LogP contribution is 2.31. The molecule has 0 fully saturated rings. The summed E-state index contributed by atoms with van der Waals surface area (Å²) in [4.78, 5) is 11.2. The van der Waals surface area contributed by atoms with Crippen LogP contribution in [0.5, 0.6) is 11.5 Å². The Morgan fingerprint density at radius 2 is 2.05 bits per heavy atom. The summed E-state index contributed by atoms with van der Waals surface area (Å²) < 4.78 is 6.54. The first-order valence-corrected chi connectivity index (χ1v) is 6.83. The second kappa shape index (κ2) is 6.54. The number of aliphatic hydroxyl groups excluding tert-OH is 1. The van der Waals surface area contributed by atoms with Gasteiger partial charge in [0.05, 0.1) is 12.3 Å². The van der Waals surface area contributed by atoms with E-state index in [4.69, 9.17) is 9.84 Å². The van der Waals surface area contributed by atoms with Gasteiger partial charge < -0.3 is 15.2 Å². The zero-order valence-corrected chi connectivity index (χ0v) is 12.5. The van der Waals surface area contributed by atoms with Gasteiger partial charge in [-0.3, -0.25) is 4.79 Å². The number of rotatable bonds is 4. The third-order valence-corrected chi connectivity index (χ3v) is 3.36. The molecule has 0 spiro atoms. The van der Waals surface area contributed by atoms with E-state index in [1.807, 2.05) is 12.1 Å². The predicted octanol–water partition coefficient (Wildman–Crippen LogP) is 3.69. The van der Waals surface area contributed by atoms with Crippen LogP contribution in [-0.2, 0) is 11.4 Å². The van der Waals surface area contributed by atoms with Crippen LogP contribution in [0.3, 0.4) is 0 Å². The molecule has 1 amide bonds. The highest BCUT2D eigenvalue weighted by atomic mass is 79.9. The number of benzene rings is 2. The van der Waals surface area contributed by atoms with E-state index in [0.717, 1.165) is 10.0 Å². The number of amides is 1. The molecule has 0 aliphatic heterocycles. The highest BCUT2D eigenvalue weighted by molar-refractivity contribution is 9.10. The van der Waals surface area contributed by atoms with Crippen molar-refractivity contribution in [2.24, 2.45) is 0 Å². The molecule has 5 heteroatoms. The molecule has 0 radical (unpaired) electrons. The van der Waals surface area contributed by atoms with Crippen LogP contribution in [0.4, 0.5) is 5.69 Å². The number of carbonyl (C=O) groups is 1. The number of halogens is 1. The third kappa shape index (κ3) is 3.59. The maximum atomic E-state index is 11.2. The minimum absolute atomic E-state index is 0.0384. The lowest BCUT2D eigenvalue weighted by molar-refractivity contribution is -0.114. The molecule has 20 heavy (non-hydrogen) atoms. The van der Waals surface area contributed by atoms with Crippen LogP contribution in [0.25, 0.3) is 0 Å². The first kappa shape index (κ1) is 14.6. The Hall–Kier alpha value is -1.85. The van der Waals surface area contributed by atoms with Crippen molar-refractivity contribution in [3.05, 3.63) is 52.5 Å². The zero-order chi connectivity index (χ0) is 14.5. The predicted molar refractivity (Wildman–Crippen MR) is 80.9 cm³/mol. The van der Waals surface area contributed by atoms with Gasteiger partial charge in [0.1, 0.15) is 5.75 Å². The number of hydrogen-bond donors (Lipinski definition) is 2. The van der Waals surface area contributed by atoms with Crippen LogP contribution >= 0.6 is 15.9 Å². The fraction of sp³-hybridized carbons (Fsp3) is 0.133. The van der Waals surface area contributed by atoms with Crippen LogP contribution in [0.15, 0.2) is 46.9 Å².